The minimum absolute atomic E-state index is 0.145. The Kier molecular flexibility index (Phi) is 4.41. The first-order valence-electron chi connectivity index (χ1n) is 9.31. The van der Waals surface area contributed by atoms with Crippen LogP contribution in [0.4, 0.5) is 0 Å². The number of fused-ring (bicyclic) bond motifs is 2. The van der Waals surface area contributed by atoms with Crippen LogP contribution >= 0.6 is 11.6 Å². The zero-order valence-corrected chi connectivity index (χ0v) is 16.1. The Bertz CT molecular complexity index is 1210. The van der Waals surface area contributed by atoms with Gasteiger partial charge in [0.25, 0.3) is 5.91 Å². The highest BCUT2D eigenvalue weighted by Crippen LogP contribution is 2.34. The van der Waals surface area contributed by atoms with Gasteiger partial charge in [0.2, 0.25) is 0 Å². The molecule has 6 nitrogen and oxygen atoms in total. The summed E-state index contributed by atoms with van der Waals surface area (Å²) in [7, 11) is 0. The van der Waals surface area contributed by atoms with E-state index in [4.69, 9.17) is 16.3 Å². The van der Waals surface area contributed by atoms with Crippen molar-refractivity contribution in [3.63, 3.8) is 0 Å². The van der Waals surface area contributed by atoms with E-state index in [-0.39, 0.29) is 11.9 Å². The molecule has 0 spiro atoms. The number of carbonyl (C=O) groups excluding carboxylic acids is 1. The second kappa shape index (κ2) is 7.22. The topological polar surface area (TPSA) is 79.9 Å². The lowest BCUT2D eigenvalue weighted by Crippen LogP contribution is -2.32. The smallest absolute Gasteiger partial charge is 0.251 e. The summed E-state index contributed by atoms with van der Waals surface area (Å²) in [5.41, 5.74) is 3.95. The number of rotatable bonds is 3. The number of amides is 1. The summed E-state index contributed by atoms with van der Waals surface area (Å²) in [6.07, 6.45) is 4.16. The van der Waals surface area contributed by atoms with Gasteiger partial charge in [-0.15, -0.1) is 0 Å². The number of nitrogens with zero attached hydrogens (tertiary/aromatic N) is 2. The van der Waals surface area contributed by atoms with Crippen LogP contribution in [0.3, 0.4) is 0 Å². The van der Waals surface area contributed by atoms with Gasteiger partial charge >= 0.3 is 0 Å². The third kappa shape index (κ3) is 3.43. The zero-order valence-electron chi connectivity index (χ0n) is 15.4. The number of benzene rings is 2. The lowest BCUT2D eigenvalue weighted by molar-refractivity contribution is 0.0925. The summed E-state index contributed by atoms with van der Waals surface area (Å²) in [4.78, 5) is 24.9. The zero-order chi connectivity index (χ0) is 19.8. The Labute approximate surface area is 171 Å². The molecule has 2 aromatic heterocycles. The summed E-state index contributed by atoms with van der Waals surface area (Å²) in [5.74, 6) is 1.33. The van der Waals surface area contributed by atoms with E-state index in [0.29, 0.717) is 23.6 Å². The fraction of sp³-hybridized carbons (Fsp3) is 0.136. The molecule has 144 valence electrons. The third-order valence-corrected chi connectivity index (χ3v) is 5.23. The van der Waals surface area contributed by atoms with Crippen LogP contribution in [0, 0.1) is 0 Å². The first-order valence-corrected chi connectivity index (χ1v) is 9.68. The lowest BCUT2D eigenvalue weighted by atomic mass is 10.00. The summed E-state index contributed by atoms with van der Waals surface area (Å²) in [6.45, 7) is 0.549. The number of halogens is 1. The number of aromatic amines is 1. The molecule has 0 bridgehead atoms. The van der Waals surface area contributed by atoms with Crippen LogP contribution in [0.5, 0.6) is 5.75 Å². The van der Waals surface area contributed by atoms with Gasteiger partial charge < -0.3 is 15.0 Å². The number of pyridine rings is 1. The van der Waals surface area contributed by atoms with Crippen LogP contribution in [0.25, 0.3) is 22.4 Å². The van der Waals surface area contributed by atoms with Crippen LogP contribution in [-0.2, 0) is 0 Å². The summed E-state index contributed by atoms with van der Waals surface area (Å²) in [6, 6.07) is 14.6. The van der Waals surface area contributed by atoms with E-state index in [1.165, 1.54) is 0 Å². The standard InChI is InChI=1S/C22H17ClN4O2/c23-15-4-6-20-16(11-15)17(7-9-29-20)27-22(28)13-3-5-18-19(10-13)26-21(25-18)14-2-1-8-24-12-14/h1-6,8,10-12,17H,7,9H2,(H,25,26)(H,27,28)/t17-/m1/s1. The van der Waals surface area contributed by atoms with Crippen LogP contribution < -0.4 is 10.1 Å². The molecule has 1 amide bonds. The second-order valence-electron chi connectivity index (χ2n) is 6.90. The molecule has 0 fully saturated rings. The molecule has 3 heterocycles. The van der Waals surface area contributed by atoms with Gasteiger partial charge in [-0.2, -0.15) is 0 Å². The van der Waals surface area contributed by atoms with Crippen molar-refractivity contribution in [2.45, 2.75) is 12.5 Å². The molecule has 7 heteroatoms. The Balaban J connectivity index is 1.41. The predicted octanol–water partition coefficient (Wildman–Crippen LogP) is 4.53. The number of ether oxygens (including phenoxy) is 1. The van der Waals surface area contributed by atoms with E-state index >= 15 is 0 Å². The van der Waals surface area contributed by atoms with Crippen molar-refractivity contribution >= 4 is 28.5 Å². The fourth-order valence-corrected chi connectivity index (χ4v) is 3.73. The molecule has 0 unspecified atom stereocenters. The van der Waals surface area contributed by atoms with Crippen molar-refractivity contribution in [1.29, 1.82) is 0 Å². The molecule has 0 aliphatic carbocycles. The average molecular weight is 405 g/mol. The Morgan fingerprint density at radius 1 is 1.21 bits per heavy atom. The van der Waals surface area contributed by atoms with Gasteiger partial charge in [0.1, 0.15) is 11.6 Å². The summed E-state index contributed by atoms with van der Waals surface area (Å²) >= 11 is 6.13. The van der Waals surface area contributed by atoms with Crippen molar-refractivity contribution in [3.05, 3.63) is 77.1 Å². The molecule has 0 saturated carbocycles. The minimum atomic E-state index is -0.151. The number of imidazole rings is 1. The number of carbonyl (C=O) groups is 1. The maximum absolute atomic E-state index is 12.9. The van der Waals surface area contributed by atoms with Gasteiger partial charge in [-0.1, -0.05) is 11.6 Å². The highest BCUT2D eigenvalue weighted by atomic mass is 35.5. The quantitative estimate of drug-likeness (QED) is 0.525. The van der Waals surface area contributed by atoms with E-state index < -0.39 is 0 Å². The number of hydrogen-bond acceptors (Lipinski definition) is 4. The molecule has 2 N–H and O–H groups in total. The van der Waals surface area contributed by atoms with Gasteiger partial charge in [0, 0.05) is 40.5 Å². The number of hydrogen-bond donors (Lipinski definition) is 2. The molecule has 2 aromatic carbocycles. The van der Waals surface area contributed by atoms with E-state index in [0.717, 1.165) is 33.7 Å². The van der Waals surface area contributed by atoms with Gasteiger partial charge in [-0.05, 0) is 48.5 Å². The molecular weight excluding hydrogens is 388 g/mol. The highest BCUT2D eigenvalue weighted by Gasteiger charge is 2.24. The molecule has 1 aliphatic rings. The summed E-state index contributed by atoms with van der Waals surface area (Å²) in [5, 5.41) is 3.72. The Morgan fingerprint density at radius 3 is 3.00 bits per heavy atom. The highest BCUT2D eigenvalue weighted by molar-refractivity contribution is 6.30. The first-order chi connectivity index (χ1) is 14.2. The van der Waals surface area contributed by atoms with Crippen molar-refractivity contribution in [2.75, 3.05) is 6.61 Å². The molecule has 1 aliphatic heterocycles. The molecule has 0 radical (unpaired) electrons. The van der Waals surface area contributed by atoms with E-state index in [2.05, 4.69) is 20.3 Å². The lowest BCUT2D eigenvalue weighted by Gasteiger charge is -2.27. The van der Waals surface area contributed by atoms with Gasteiger partial charge in [0.15, 0.2) is 0 Å². The van der Waals surface area contributed by atoms with E-state index in [1.807, 2.05) is 36.4 Å². The van der Waals surface area contributed by atoms with Gasteiger partial charge in [0.05, 0.1) is 23.7 Å². The van der Waals surface area contributed by atoms with Crippen molar-refractivity contribution in [3.8, 4) is 17.1 Å². The normalized spacial score (nSPS) is 15.6. The number of nitrogens with one attached hydrogen (secondary N) is 2. The number of aromatic nitrogens is 3. The summed E-state index contributed by atoms with van der Waals surface area (Å²) < 4.78 is 5.67. The molecule has 4 aromatic rings. The molecule has 1 atom stereocenters. The van der Waals surface area contributed by atoms with Crippen molar-refractivity contribution < 1.29 is 9.53 Å². The maximum atomic E-state index is 12.9. The second-order valence-corrected chi connectivity index (χ2v) is 7.34. The predicted molar refractivity (Wildman–Crippen MR) is 111 cm³/mol. The minimum Gasteiger partial charge on any atom is -0.493 e. The Hall–Kier alpha value is -3.38. The van der Waals surface area contributed by atoms with Crippen LogP contribution in [0.1, 0.15) is 28.4 Å². The molecule has 29 heavy (non-hydrogen) atoms. The first kappa shape index (κ1) is 17.7. The van der Waals surface area contributed by atoms with Gasteiger partial charge in [-0.25, -0.2) is 4.98 Å². The molecule has 5 rings (SSSR count). The average Bonchev–Trinajstić information content (AvgIpc) is 3.18. The van der Waals surface area contributed by atoms with Crippen LogP contribution in [-0.4, -0.2) is 27.5 Å². The van der Waals surface area contributed by atoms with Crippen molar-refractivity contribution in [2.24, 2.45) is 0 Å². The fourth-order valence-electron chi connectivity index (χ4n) is 3.55. The third-order valence-electron chi connectivity index (χ3n) is 5.00. The van der Waals surface area contributed by atoms with Crippen molar-refractivity contribution in [1.82, 2.24) is 20.3 Å². The largest absolute Gasteiger partial charge is 0.493 e. The molecular formula is C22H17ClN4O2. The Morgan fingerprint density at radius 2 is 2.14 bits per heavy atom. The van der Waals surface area contributed by atoms with E-state index in [1.54, 1.807) is 24.5 Å². The number of H-pyrrole nitrogens is 1. The molecule has 0 saturated heterocycles. The monoisotopic (exact) mass is 404 g/mol. The SMILES string of the molecule is O=C(N[C@@H]1CCOc2ccc(Cl)cc21)c1ccc2nc(-c3cccnc3)[nH]c2c1. The van der Waals surface area contributed by atoms with Gasteiger partial charge in [-0.3, -0.25) is 9.78 Å². The van der Waals surface area contributed by atoms with Crippen LogP contribution in [0.2, 0.25) is 5.02 Å². The maximum Gasteiger partial charge on any atom is 0.251 e. The van der Waals surface area contributed by atoms with E-state index in [9.17, 15) is 4.79 Å². The van der Waals surface area contributed by atoms with Crippen LogP contribution in [0.15, 0.2) is 60.9 Å².